The highest BCUT2D eigenvalue weighted by Crippen LogP contribution is 2.21. The highest BCUT2D eigenvalue weighted by Gasteiger charge is 2.24. The molecule has 6 heteroatoms. The molecule has 0 saturated carbocycles. The van der Waals surface area contributed by atoms with Crippen molar-refractivity contribution in [1.29, 1.82) is 5.41 Å². The Labute approximate surface area is 131 Å². The van der Waals surface area contributed by atoms with Gasteiger partial charge in [0.2, 0.25) is 0 Å². The molecule has 1 saturated heterocycles. The molecule has 1 aliphatic rings. The Bertz CT molecular complexity index is 570. The first-order chi connectivity index (χ1) is 10.6. The van der Waals surface area contributed by atoms with Crippen LogP contribution in [0.15, 0.2) is 23.3 Å². The number of amides is 1. The number of carbonyl (C=O) groups is 1. The molecule has 0 spiro atoms. The average molecular weight is 301 g/mol. The third kappa shape index (κ3) is 3.92. The molecule has 0 radical (unpaired) electrons. The molecular weight excluding hydrogens is 278 g/mol. The van der Waals surface area contributed by atoms with E-state index in [2.05, 4.69) is 22.8 Å². The van der Waals surface area contributed by atoms with Crippen molar-refractivity contribution in [2.24, 2.45) is 5.10 Å². The first kappa shape index (κ1) is 16.2. The molecular formula is C16H23N5O. The number of nitrogens with one attached hydrogen (secondary N) is 3. The summed E-state index contributed by atoms with van der Waals surface area (Å²) in [6.45, 7) is 6.51. The van der Waals surface area contributed by atoms with E-state index in [0.717, 1.165) is 31.3 Å². The zero-order chi connectivity index (χ0) is 15.9. The van der Waals surface area contributed by atoms with Gasteiger partial charge in [-0.15, -0.1) is 0 Å². The van der Waals surface area contributed by atoms with Gasteiger partial charge in [0.25, 0.3) is 5.91 Å². The maximum absolute atomic E-state index is 12.9. The van der Waals surface area contributed by atoms with Gasteiger partial charge >= 0.3 is 0 Å². The molecule has 1 amide bonds. The lowest BCUT2D eigenvalue weighted by molar-refractivity contribution is 0.0705. The largest absolute Gasteiger partial charge is 0.335 e. The monoisotopic (exact) mass is 301 g/mol. The third-order valence-corrected chi connectivity index (χ3v) is 3.80. The summed E-state index contributed by atoms with van der Waals surface area (Å²) in [6, 6.07) is 5.88. The van der Waals surface area contributed by atoms with Gasteiger partial charge in [-0.1, -0.05) is 11.6 Å². The van der Waals surface area contributed by atoms with Crippen LogP contribution in [0, 0.1) is 12.3 Å². The van der Waals surface area contributed by atoms with E-state index in [4.69, 9.17) is 5.41 Å². The minimum Gasteiger partial charge on any atom is -0.335 e. The van der Waals surface area contributed by atoms with Crippen LogP contribution in [0.25, 0.3) is 0 Å². The molecule has 0 bridgehead atoms. The van der Waals surface area contributed by atoms with Gasteiger partial charge in [-0.3, -0.25) is 10.2 Å². The van der Waals surface area contributed by atoms with Gasteiger partial charge in [0.05, 0.1) is 17.5 Å². The van der Waals surface area contributed by atoms with Crippen LogP contribution in [0.2, 0.25) is 0 Å². The van der Waals surface area contributed by atoms with Crippen molar-refractivity contribution in [2.45, 2.75) is 26.3 Å². The minimum atomic E-state index is 0.0208. The SMILES string of the molecule is Cc1ccc(N/N=C\C=N)c(C(=O)N2CCNCC[C@@H]2C)c1. The number of benzene rings is 1. The van der Waals surface area contributed by atoms with Gasteiger partial charge in [-0.05, 0) is 38.9 Å². The zero-order valence-electron chi connectivity index (χ0n) is 13.1. The van der Waals surface area contributed by atoms with Crippen molar-refractivity contribution in [3.05, 3.63) is 29.3 Å². The van der Waals surface area contributed by atoms with E-state index >= 15 is 0 Å². The van der Waals surface area contributed by atoms with Crippen LogP contribution in [-0.4, -0.2) is 48.9 Å². The standard InChI is InChI=1S/C16H23N5O/c1-12-3-4-15(20-19-8-6-17)14(11-12)16(22)21-10-9-18-7-5-13(21)2/h3-4,6,8,11,13,17-18,20H,5,7,9-10H2,1-2H3/b17-6?,19-8-/t13-/m0/s1. The second-order valence-corrected chi connectivity index (χ2v) is 5.49. The third-order valence-electron chi connectivity index (χ3n) is 3.80. The Balaban J connectivity index is 2.28. The van der Waals surface area contributed by atoms with E-state index in [9.17, 15) is 4.79 Å². The summed E-state index contributed by atoms with van der Waals surface area (Å²) in [5.41, 5.74) is 5.17. The molecule has 1 atom stereocenters. The highest BCUT2D eigenvalue weighted by molar-refractivity contribution is 6.14. The second-order valence-electron chi connectivity index (χ2n) is 5.49. The number of rotatable bonds is 4. The van der Waals surface area contributed by atoms with Crippen LogP contribution in [0.1, 0.15) is 29.3 Å². The Hall–Kier alpha value is -2.21. The fourth-order valence-electron chi connectivity index (χ4n) is 2.54. The molecule has 0 aliphatic carbocycles. The van der Waals surface area contributed by atoms with Gasteiger partial charge in [-0.2, -0.15) is 5.10 Å². The molecule has 0 unspecified atom stereocenters. The maximum Gasteiger partial charge on any atom is 0.256 e. The van der Waals surface area contributed by atoms with E-state index in [1.165, 1.54) is 6.21 Å². The second kappa shape index (κ2) is 7.70. The summed E-state index contributed by atoms with van der Waals surface area (Å²) in [6.07, 6.45) is 3.38. The van der Waals surface area contributed by atoms with E-state index in [-0.39, 0.29) is 11.9 Å². The minimum absolute atomic E-state index is 0.0208. The highest BCUT2D eigenvalue weighted by atomic mass is 16.2. The van der Waals surface area contributed by atoms with E-state index in [1.807, 2.05) is 30.0 Å². The number of hydrogen-bond acceptors (Lipinski definition) is 5. The summed E-state index contributed by atoms with van der Waals surface area (Å²) in [5, 5.41) is 14.2. The van der Waals surface area contributed by atoms with E-state index in [1.54, 1.807) is 0 Å². The lowest BCUT2D eigenvalue weighted by Crippen LogP contribution is -2.39. The smallest absolute Gasteiger partial charge is 0.256 e. The molecule has 22 heavy (non-hydrogen) atoms. The zero-order valence-corrected chi connectivity index (χ0v) is 13.1. The molecule has 1 fully saturated rings. The van der Waals surface area contributed by atoms with Crippen molar-refractivity contribution < 1.29 is 4.79 Å². The van der Waals surface area contributed by atoms with Gasteiger partial charge < -0.3 is 15.6 Å². The summed E-state index contributed by atoms with van der Waals surface area (Å²) in [4.78, 5) is 14.8. The maximum atomic E-state index is 12.9. The average Bonchev–Trinajstić information content (AvgIpc) is 2.73. The number of hydrogen-bond donors (Lipinski definition) is 3. The number of nitrogens with zero attached hydrogens (tertiary/aromatic N) is 2. The van der Waals surface area contributed by atoms with Gasteiger partial charge in [0.15, 0.2) is 0 Å². The lowest BCUT2D eigenvalue weighted by atomic mass is 10.1. The van der Waals surface area contributed by atoms with Crippen molar-refractivity contribution in [3.8, 4) is 0 Å². The number of anilines is 1. The van der Waals surface area contributed by atoms with Crippen LogP contribution < -0.4 is 10.7 Å². The van der Waals surface area contributed by atoms with Crippen LogP contribution >= 0.6 is 0 Å². The first-order valence-corrected chi connectivity index (χ1v) is 7.54. The van der Waals surface area contributed by atoms with E-state index < -0.39 is 0 Å². The fraction of sp³-hybridized carbons (Fsp3) is 0.438. The van der Waals surface area contributed by atoms with Crippen molar-refractivity contribution in [1.82, 2.24) is 10.2 Å². The van der Waals surface area contributed by atoms with Crippen LogP contribution in [0.5, 0.6) is 0 Å². The number of carbonyl (C=O) groups excluding carboxylic acids is 1. The first-order valence-electron chi connectivity index (χ1n) is 7.54. The molecule has 3 N–H and O–H groups in total. The van der Waals surface area contributed by atoms with Crippen LogP contribution in [0.4, 0.5) is 5.69 Å². The van der Waals surface area contributed by atoms with Gasteiger partial charge in [0.1, 0.15) is 0 Å². The molecule has 6 nitrogen and oxygen atoms in total. The molecule has 0 aromatic heterocycles. The summed E-state index contributed by atoms with van der Waals surface area (Å²) >= 11 is 0. The number of hydrazone groups is 1. The van der Waals surface area contributed by atoms with Crippen LogP contribution in [-0.2, 0) is 0 Å². The molecule has 1 aromatic carbocycles. The Morgan fingerprint density at radius 2 is 2.32 bits per heavy atom. The fourth-order valence-corrected chi connectivity index (χ4v) is 2.54. The quantitative estimate of drug-likeness (QED) is 0.586. The predicted molar refractivity (Wildman–Crippen MR) is 90.1 cm³/mol. The van der Waals surface area contributed by atoms with Crippen LogP contribution in [0.3, 0.4) is 0 Å². The summed E-state index contributed by atoms with van der Waals surface area (Å²) in [7, 11) is 0. The predicted octanol–water partition coefficient (Wildman–Crippen LogP) is 1.87. The van der Waals surface area contributed by atoms with E-state index in [0.29, 0.717) is 17.8 Å². The lowest BCUT2D eigenvalue weighted by Gasteiger charge is -2.27. The number of aryl methyl sites for hydroxylation is 1. The molecule has 1 heterocycles. The normalized spacial score (nSPS) is 19.0. The van der Waals surface area contributed by atoms with Gasteiger partial charge in [0, 0.05) is 25.3 Å². The Kier molecular flexibility index (Phi) is 5.66. The molecule has 2 rings (SSSR count). The topological polar surface area (TPSA) is 80.6 Å². The summed E-state index contributed by atoms with van der Waals surface area (Å²) in [5.74, 6) is 0.0208. The Morgan fingerprint density at radius 1 is 1.50 bits per heavy atom. The van der Waals surface area contributed by atoms with Crippen molar-refractivity contribution in [3.63, 3.8) is 0 Å². The molecule has 1 aliphatic heterocycles. The van der Waals surface area contributed by atoms with Gasteiger partial charge in [-0.25, -0.2) is 0 Å². The van der Waals surface area contributed by atoms with Crippen molar-refractivity contribution >= 4 is 24.0 Å². The van der Waals surface area contributed by atoms with Crippen molar-refractivity contribution in [2.75, 3.05) is 25.1 Å². The summed E-state index contributed by atoms with van der Waals surface area (Å²) < 4.78 is 0. The Morgan fingerprint density at radius 3 is 3.09 bits per heavy atom. The molecule has 118 valence electrons. The molecule has 1 aromatic rings.